The highest BCUT2D eigenvalue weighted by Gasteiger charge is 2.29. The number of anilines is 1. The Morgan fingerprint density at radius 3 is 2.44 bits per heavy atom. The molecule has 1 atom stereocenters. The average molecular weight is 489 g/mol. The normalized spacial score (nSPS) is 16.5. The lowest BCUT2D eigenvalue weighted by Crippen LogP contribution is -2.55. The van der Waals surface area contributed by atoms with Crippen LogP contribution in [0.25, 0.3) is 28.0 Å². The largest absolute Gasteiger partial charge is 0.465 e. The Labute approximate surface area is 207 Å². The fraction of sp³-hybridized carbons (Fsp3) is 0.320. The Kier molecular flexibility index (Phi) is 5.92. The van der Waals surface area contributed by atoms with Crippen molar-refractivity contribution in [2.75, 3.05) is 32.4 Å². The molecule has 0 unspecified atom stereocenters. The standard InChI is InChI=1S/C25H28N8O3/c1-15-11-18(12-16(2)27-15)20-21(17-7-5-4-6-8-17)28-23(26)33-22(20)29-32(24(33)34)14-19-13-31(25(35)36)10-9-30(19)3/h4-8,11-12,19H,9-10,13-14H2,1-3H3,(H2,26,28)(H,35,36)/t19-/m0/s1. The number of nitrogens with two attached hydrogens (primary N) is 1. The third kappa shape index (κ3) is 4.17. The Hall–Kier alpha value is -4.25. The average Bonchev–Trinajstić information content (AvgIpc) is 3.16. The van der Waals surface area contributed by atoms with Crippen molar-refractivity contribution in [2.24, 2.45) is 0 Å². The van der Waals surface area contributed by atoms with Gasteiger partial charge in [-0.1, -0.05) is 30.3 Å². The van der Waals surface area contributed by atoms with Crippen LogP contribution in [-0.4, -0.2) is 77.9 Å². The number of hydrogen-bond donors (Lipinski definition) is 2. The summed E-state index contributed by atoms with van der Waals surface area (Å²) in [4.78, 5) is 37.6. The zero-order valence-corrected chi connectivity index (χ0v) is 20.4. The lowest BCUT2D eigenvalue weighted by atomic mass is 9.99. The summed E-state index contributed by atoms with van der Waals surface area (Å²) < 4.78 is 2.68. The molecule has 1 fully saturated rings. The van der Waals surface area contributed by atoms with Crippen molar-refractivity contribution in [3.05, 3.63) is 64.3 Å². The topological polar surface area (TPSA) is 135 Å². The first kappa shape index (κ1) is 23.5. The zero-order chi connectivity index (χ0) is 25.6. The molecule has 1 saturated heterocycles. The summed E-state index contributed by atoms with van der Waals surface area (Å²) in [6.07, 6.45) is -0.970. The number of carboxylic acid groups (broad SMARTS) is 1. The van der Waals surface area contributed by atoms with Crippen LogP contribution in [0.5, 0.6) is 0 Å². The van der Waals surface area contributed by atoms with Crippen LogP contribution in [0.4, 0.5) is 10.7 Å². The van der Waals surface area contributed by atoms with E-state index in [2.05, 4.69) is 9.97 Å². The van der Waals surface area contributed by atoms with Crippen molar-refractivity contribution >= 4 is 17.7 Å². The van der Waals surface area contributed by atoms with Gasteiger partial charge in [-0.05, 0) is 38.6 Å². The third-order valence-electron chi connectivity index (χ3n) is 6.60. The highest BCUT2D eigenvalue weighted by Crippen LogP contribution is 2.34. The maximum atomic E-state index is 13.5. The van der Waals surface area contributed by atoms with E-state index in [1.54, 1.807) is 0 Å². The van der Waals surface area contributed by atoms with Crippen molar-refractivity contribution in [2.45, 2.75) is 26.4 Å². The summed E-state index contributed by atoms with van der Waals surface area (Å²) in [6, 6.07) is 13.3. The van der Waals surface area contributed by atoms with E-state index in [1.165, 1.54) is 14.0 Å². The molecule has 186 valence electrons. The molecule has 0 spiro atoms. The van der Waals surface area contributed by atoms with Crippen molar-refractivity contribution in [1.82, 2.24) is 33.9 Å². The molecule has 1 aliphatic rings. The maximum Gasteiger partial charge on any atom is 0.407 e. The van der Waals surface area contributed by atoms with Gasteiger partial charge in [0.05, 0.1) is 17.8 Å². The van der Waals surface area contributed by atoms with E-state index in [9.17, 15) is 14.7 Å². The number of aryl methyl sites for hydroxylation is 2. The monoisotopic (exact) mass is 488 g/mol. The summed E-state index contributed by atoms with van der Waals surface area (Å²) in [5, 5.41) is 14.2. The second kappa shape index (κ2) is 9.08. The summed E-state index contributed by atoms with van der Waals surface area (Å²) in [5.74, 6) is 0.0375. The first-order valence-electron chi connectivity index (χ1n) is 11.7. The molecule has 1 aliphatic heterocycles. The van der Waals surface area contributed by atoms with E-state index in [-0.39, 0.29) is 25.1 Å². The van der Waals surface area contributed by atoms with Crippen molar-refractivity contribution in [3.8, 4) is 22.4 Å². The summed E-state index contributed by atoms with van der Waals surface area (Å²) in [7, 11) is 1.92. The van der Waals surface area contributed by atoms with Gasteiger partial charge in [-0.2, -0.15) is 0 Å². The highest BCUT2D eigenvalue weighted by molar-refractivity contribution is 5.90. The molecule has 0 aliphatic carbocycles. The molecule has 1 amide bonds. The van der Waals surface area contributed by atoms with Gasteiger partial charge in [0.15, 0.2) is 5.65 Å². The summed E-state index contributed by atoms with van der Waals surface area (Å²) in [6.45, 7) is 5.32. The third-order valence-corrected chi connectivity index (χ3v) is 6.60. The molecular weight excluding hydrogens is 460 g/mol. The molecule has 11 heteroatoms. The van der Waals surface area contributed by atoms with Crippen LogP contribution in [0.1, 0.15) is 11.4 Å². The van der Waals surface area contributed by atoms with E-state index >= 15 is 0 Å². The van der Waals surface area contributed by atoms with Gasteiger partial charge >= 0.3 is 11.8 Å². The van der Waals surface area contributed by atoms with Crippen LogP contribution in [0.15, 0.2) is 47.3 Å². The van der Waals surface area contributed by atoms with Gasteiger partial charge in [0.2, 0.25) is 5.95 Å². The van der Waals surface area contributed by atoms with Gasteiger partial charge in [0, 0.05) is 42.6 Å². The van der Waals surface area contributed by atoms with E-state index in [1.807, 2.05) is 68.3 Å². The van der Waals surface area contributed by atoms with Gasteiger partial charge < -0.3 is 15.7 Å². The molecule has 3 N–H and O–H groups in total. The van der Waals surface area contributed by atoms with Crippen LogP contribution >= 0.6 is 0 Å². The van der Waals surface area contributed by atoms with E-state index in [0.717, 1.165) is 22.5 Å². The molecule has 3 aromatic heterocycles. The van der Waals surface area contributed by atoms with Crippen LogP contribution in [0.3, 0.4) is 0 Å². The number of nitrogens with zero attached hydrogens (tertiary/aromatic N) is 7. The highest BCUT2D eigenvalue weighted by atomic mass is 16.4. The Morgan fingerprint density at radius 2 is 1.78 bits per heavy atom. The minimum atomic E-state index is -0.970. The number of fused-ring (bicyclic) bond motifs is 1. The summed E-state index contributed by atoms with van der Waals surface area (Å²) >= 11 is 0. The molecule has 36 heavy (non-hydrogen) atoms. The number of nitrogen functional groups attached to an aromatic ring is 1. The number of piperazine rings is 1. The van der Waals surface area contributed by atoms with Crippen LogP contribution < -0.4 is 11.4 Å². The van der Waals surface area contributed by atoms with E-state index < -0.39 is 11.8 Å². The van der Waals surface area contributed by atoms with E-state index in [0.29, 0.717) is 30.0 Å². The first-order valence-corrected chi connectivity index (χ1v) is 11.7. The SMILES string of the molecule is Cc1cc(-c2c(-c3ccccc3)nc(N)n3c(=O)n(C[C@@H]4CN(C(=O)O)CCN4C)nc23)cc(C)n1. The fourth-order valence-electron chi connectivity index (χ4n) is 4.79. The number of carbonyl (C=O) groups is 1. The number of aromatic nitrogens is 5. The fourth-order valence-corrected chi connectivity index (χ4v) is 4.79. The Morgan fingerprint density at radius 1 is 1.08 bits per heavy atom. The van der Waals surface area contributed by atoms with Crippen LogP contribution in [0, 0.1) is 13.8 Å². The van der Waals surface area contributed by atoms with Crippen molar-refractivity contribution < 1.29 is 9.90 Å². The first-order chi connectivity index (χ1) is 17.2. The molecule has 5 rings (SSSR count). The maximum absolute atomic E-state index is 13.5. The van der Waals surface area contributed by atoms with E-state index in [4.69, 9.17) is 10.8 Å². The molecule has 1 aromatic carbocycles. The predicted octanol–water partition coefficient (Wildman–Crippen LogP) is 2.11. The lowest BCUT2D eigenvalue weighted by Gasteiger charge is -2.37. The number of likely N-dealkylation sites (N-methyl/N-ethyl adjacent to an activating group) is 1. The van der Waals surface area contributed by atoms with Gasteiger partial charge in [0.1, 0.15) is 0 Å². The zero-order valence-electron chi connectivity index (χ0n) is 20.4. The molecular formula is C25H28N8O3. The van der Waals surface area contributed by atoms with Crippen LogP contribution in [0.2, 0.25) is 0 Å². The molecule has 4 heterocycles. The number of pyridine rings is 1. The Bertz CT molecular complexity index is 1490. The molecule has 4 aromatic rings. The van der Waals surface area contributed by atoms with Crippen LogP contribution in [-0.2, 0) is 6.54 Å². The molecule has 11 nitrogen and oxygen atoms in total. The minimum Gasteiger partial charge on any atom is -0.465 e. The number of rotatable bonds is 4. The Balaban J connectivity index is 1.71. The van der Waals surface area contributed by atoms with Gasteiger partial charge in [-0.15, -0.1) is 5.10 Å². The quantitative estimate of drug-likeness (QED) is 0.446. The molecule has 0 radical (unpaired) electrons. The smallest absolute Gasteiger partial charge is 0.407 e. The molecule has 0 bridgehead atoms. The van der Waals surface area contributed by atoms with Gasteiger partial charge in [-0.25, -0.2) is 23.7 Å². The second-order valence-corrected chi connectivity index (χ2v) is 9.18. The van der Waals surface area contributed by atoms with Gasteiger partial charge in [0.25, 0.3) is 0 Å². The lowest BCUT2D eigenvalue weighted by molar-refractivity contribution is 0.0748. The van der Waals surface area contributed by atoms with Crippen molar-refractivity contribution in [1.29, 1.82) is 0 Å². The predicted molar refractivity (Wildman–Crippen MR) is 136 cm³/mol. The molecule has 0 saturated carbocycles. The number of hydrogen-bond acceptors (Lipinski definition) is 7. The van der Waals surface area contributed by atoms with Crippen molar-refractivity contribution in [3.63, 3.8) is 0 Å². The van der Waals surface area contributed by atoms with Gasteiger partial charge in [-0.3, -0.25) is 9.88 Å². The summed E-state index contributed by atoms with van der Waals surface area (Å²) in [5.41, 5.74) is 11.0. The second-order valence-electron chi connectivity index (χ2n) is 9.18. The minimum absolute atomic E-state index is 0.0375. The number of benzene rings is 1. The number of amides is 1.